The highest BCUT2D eigenvalue weighted by molar-refractivity contribution is 6.30. The quantitative estimate of drug-likeness (QED) is 0.229. The third-order valence-electron chi connectivity index (χ3n) is 8.05. The maximum Gasteiger partial charge on any atom is 0.257 e. The van der Waals surface area contributed by atoms with Crippen LogP contribution in [0.5, 0.6) is 0 Å². The van der Waals surface area contributed by atoms with Crippen LogP contribution in [0.3, 0.4) is 0 Å². The van der Waals surface area contributed by atoms with E-state index >= 15 is 0 Å². The van der Waals surface area contributed by atoms with Crippen molar-refractivity contribution in [3.8, 4) is 0 Å². The molecule has 1 aromatic heterocycles. The summed E-state index contributed by atoms with van der Waals surface area (Å²) < 4.78 is 2.14. The molecule has 1 aliphatic rings. The Morgan fingerprint density at radius 2 is 1.93 bits per heavy atom. The van der Waals surface area contributed by atoms with E-state index in [0.29, 0.717) is 35.7 Å². The minimum atomic E-state index is -0.470. The van der Waals surface area contributed by atoms with Crippen LogP contribution in [0.4, 0.5) is 5.95 Å². The molecule has 0 bridgehead atoms. The summed E-state index contributed by atoms with van der Waals surface area (Å²) in [5, 5.41) is 7.30. The number of amides is 1. The number of rotatable bonds is 11. The molecule has 0 saturated carbocycles. The Hall–Kier alpha value is -3.04. The van der Waals surface area contributed by atoms with Crippen LogP contribution in [0, 0.1) is 5.41 Å². The van der Waals surface area contributed by atoms with Gasteiger partial charge >= 0.3 is 0 Å². The number of nitrogens with two attached hydrogens (primary N) is 1. The number of likely N-dealkylation sites (tertiary alicyclic amines) is 1. The van der Waals surface area contributed by atoms with Gasteiger partial charge < -0.3 is 15.6 Å². The number of hydrogen-bond donors (Lipinski definition) is 3. The average molecular weight is 592 g/mol. The number of aliphatic imine (C=N–C) groups is 1. The standard InChI is InChI=1S/C33H46ClN7O/c1-22(32(2,3)4)37-19-23-10-15-29-28(17-23)38-31(39-30(42)24-11-13-25(34)14-12-24)41(29)21-27-9-8-16-40(27)20-26(36-7)18-33(5,6)35/h10-15,17-18,22,27,37H,7-9,16,19-21,35H2,1-6H3,(H,38,39,42)/b26-18-/t22-,27?/m0/s1. The summed E-state index contributed by atoms with van der Waals surface area (Å²) in [6.07, 6.45) is 4.10. The molecule has 2 aromatic carbocycles. The number of imidazole rings is 1. The first kappa shape index (κ1) is 31.9. The van der Waals surface area contributed by atoms with Crippen molar-refractivity contribution >= 4 is 41.2 Å². The molecule has 9 heteroatoms. The Bertz CT molecular complexity index is 1430. The zero-order chi connectivity index (χ0) is 30.7. The van der Waals surface area contributed by atoms with E-state index in [2.05, 4.69) is 77.7 Å². The number of nitrogens with zero attached hydrogens (tertiary/aromatic N) is 4. The second-order valence-corrected chi connectivity index (χ2v) is 13.6. The van der Waals surface area contributed by atoms with Crippen molar-refractivity contribution < 1.29 is 4.79 Å². The fourth-order valence-electron chi connectivity index (χ4n) is 5.22. The zero-order valence-electron chi connectivity index (χ0n) is 25.9. The molecule has 0 aliphatic carbocycles. The van der Waals surface area contributed by atoms with Crippen LogP contribution >= 0.6 is 11.6 Å². The molecule has 8 nitrogen and oxygen atoms in total. The molecule has 1 fully saturated rings. The monoisotopic (exact) mass is 591 g/mol. The molecule has 226 valence electrons. The fourth-order valence-corrected chi connectivity index (χ4v) is 5.34. The lowest BCUT2D eigenvalue weighted by atomic mass is 9.88. The molecular formula is C33H46ClN7O. The van der Waals surface area contributed by atoms with Crippen molar-refractivity contribution in [2.75, 3.05) is 18.4 Å². The minimum absolute atomic E-state index is 0.161. The highest BCUT2D eigenvalue weighted by Crippen LogP contribution is 2.28. The van der Waals surface area contributed by atoms with Gasteiger partial charge in [-0.2, -0.15) is 0 Å². The van der Waals surface area contributed by atoms with Crippen LogP contribution < -0.4 is 16.4 Å². The summed E-state index contributed by atoms with van der Waals surface area (Å²) >= 11 is 6.05. The normalized spacial score (nSPS) is 17.5. The number of anilines is 1. The van der Waals surface area contributed by atoms with Crippen molar-refractivity contribution in [1.82, 2.24) is 19.8 Å². The first-order chi connectivity index (χ1) is 19.7. The first-order valence-corrected chi connectivity index (χ1v) is 15.1. The number of nitrogens with one attached hydrogen (secondary N) is 2. The van der Waals surface area contributed by atoms with Crippen LogP contribution in [0.25, 0.3) is 11.0 Å². The van der Waals surface area contributed by atoms with E-state index in [9.17, 15) is 4.79 Å². The van der Waals surface area contributed by atoms with Crippen molar-refractivity contribution in [3.05, 3.63) is 70.4 Å². The van der Waals surface area contributed by atoms with Gasteiger partial charge in [0.25, 0.3) is 5.91 Å². The van der Waals surface area contributed by atoms with E-state index in [1.807, 2.05) is 19.9 Å². The lowest BCUT2D eigenvalue weighted by Gasteiger charge is -2.28. The van der Waals surface area contributed by atoms with Gasteiger partial charge in [-0.3, -0.25) is 20.0 Å². The van der Waals surface area contributed by atoms with Crippen LogP contribution in [0.15, 0.2) is 59.2 Å². The summed E-state index contributed by atoms with van der Waals surface area (Å²) in [5.74, 6) is 0.310. The van der Waals surface area contributed by atoms with E-state index in [1.54, 1.807) is 24.3 Å². The maximum atomic E-state index is 13.2. The number of carbonyl (C=O) groups is 1. The van der Waals surface area contributed by atoms with E-state index in [0.717, 1.165) is 48.2 Å². The molecule has 0 radical (unpaired) electrons. The number of fused-ring (bicyclic) bond motifs is 1. The number of benzene rings is 2. The molecule has 4 rings (SSSR count). The van der Waals surface area contributed by atoms with Gasteiger partial charge in [-0.15, -0.1) is 0 Å². The SMILES string of the molecule is C=N/C(=C\C(C)(C)N)CN1CCCC1Cn1c(NC(=O)c2ccc(Cl)cc2)nc2cc(CN[C@@H](C)C(C)(C)C)ccc21. The van der Waals surface area contributed by atoms with Gasteiger partial charge in [0.15, 0.2) is 0 Å². The predicted molar refractivity (Wildman–Crippen MR) is 175 cm³/mol. The minimum Gasteiger partial charge on any atom is -0.322 e. The Balaban J connectivity index is 1.64. The van der Waals surface area contributed by atoms with E-state index in [4.69, 9.17) is 22.3 Å². The molecule has 42 heavy (non-hydrogen) atoms. The molecule has 1 amide bonds. The summed E-state index contributed by atoms with van der Waals surface area (Å²) in [6.45, 7) is 19.7. The van der Waals surface area contributed by atoms with E-state index in [1.165, 1.54) is 0 Å². The van der Waals surface area contributed by atoms with Gasteiger partial charge in [-0.1, -0.05) is 38.4 Å². The van der Waals surface area contributed by atoms with Gasteiger partial charge in [0.1, 0.15) is 0 Å². The van der Waals surface area contributed by atoms with Crippen molar-refractivity contribution in [2.24, 2.45) is 16.1 Å². The van der Waals surface area contributed by atoms with Crippen molar-refractivity contribution in [1.29, 1.82) is 0 Å². The number of aromatic nitrogens is 2. The van der Waals surface area contributed by atoms with Crippen molar-refractivity contribution in [2.45, 2.75) is 85.1 Å². The molecular weight excluding hydrogens is 546 g/mol. The van der Waals surface area contributed by atoms with Gasteiger partial charge in [0.2, 0.25) is 5.95 Å². The third-order valence-corrected chi connectivity index (χ3v) is 8.31. The average Bonchev–Trinajstić information content (AvgIpc) is 3.49. The van der Waals surface area contributed by atoms with Gasteiger partial charge in [0.05, 0.1) is 16.7 Å². The topological polar surface area (TPSA) is 101 Å². The summed E-state index contributed by atoms with van der Waals surface area (Å²) in [7, 11) is 0. The molecule has 2 atom stereocenters. The maximum absolute atomic E-state index is 13.2. The zero-order valence-corrected chi connectivity index (χ0v) is 26.6. The fraction of sp³-hybridized carbons (Fsp3) is 0.485. The Morgan fingerprint density at radius 3 is 2.57 bits per heavy atom. The lowest BCUT2D eigenvalue weighted by molar-refractivity contribution is 0.102. The van der Waals surface area contributed by atoms with Gasteiger partial charge in [-0.25, -0.2) is 4.98 Å². The predicted octanol–water partition coefficient (Wildman–Crippen LogP) is 6.25. The molecule has 2 heterocycles. The number of carbonyl (C=O) groups excluding carboxylic acids is 1. The van der Waals surface area contributed by atoms with Gasteiger partial charge in [0, 0.05) is 47.8 Å². The highest BCUT2D eigenvalue weighted by atomic mass is 35.5. The Kier molecular flexibility index (Phi) is 9.93. The van der Waals surface area contributed by atoms with Gasteiger partial charge in [-0.05, 0) is 100 Å². The Morgan fingerprint density at radius 1 is 1.21 bits per heavy atom. The van der Waals surface area contributed by atoms with Crippen LogP contribution in [-0.4, -0.2) is 57.8 Å². The van der Waals surface area contributed by atoms with E-state index < -0.39 is 5.54 Å². The van der Waals surface area contributed by atoms with Crippen LogP contribution in [0.2, 0.25) is 5.02 Å². The second-order valence-electron chi connectivity index (χ2n) is 13.2. The second kappa shape index (κ2) is 13.1. The molecule has 1 saturated heterocycles. The molecule has 1 aliphatic heterocycles. The summed E-state index contributed by atoms with van der Waals surface area (Å²) in [4.78, 5) is 24.9. The van der Waals surface area contributed by atoms with Crippen LogP contribution in [0.1, 0.15) is 70.3 Å². The summed E-state index contributed by atoms with van der Waals surface area (Å²) in [6, 6.07) is 13.8. The van der Waals surface area contributed by atoms with Crippen LogP contribution in [-0.2, 0) is 13.1 Å². The highest BCUT2D eigenvalue weighted by Gasteiger charge is 2.28. The number of hydrogen-bond acceptors (Lipinski definition) is 6. The first-order valence-electron chi connectivity index (χ1n) is 14.7. The van der Waals surface area contributed by atoms with Crippen molar-refractivity contribution in [3.63, 3.8) is 0 Å². The largest absolute Gasteiger partial charge is 0.322 e. The molecule has 1 unspecified atom stereocenters. The third kappa shape index (κ3) is 8.28. The summed E-state index contributed by atoms with van der Waals surface area (Å²) in [5.41, 5.74) is 10.3. The smallest absolute Gasteiger partial charge is 0.257 e. The Labute approximate surface area is 255 Å². The van der Waals surface area contributed by atoms with E-state index in [-0.39, 0.29) is 17.4 Å². The molecule has 4 N–H and O–H groups in total. The number of halogens is 1. The molecule has 3 aromatic rings. The molecule has 0 spiro atoms. The lowest BCUT2D eigenvalue weighted by Crippen LogP contribution is -2.37.